The van der Waals surface area contributed by atoms with Gasteiger partial charge in [0.1, 0.15) is 0 Å². The average Bonchev–Trinajstić information content (AvgIpc) is 2.10. The maximum atomic E-state index is 9.16. The van der Waals surface area contributed by atoms with Crippen LogP contribution in [0, 0.1) is 10.8 Å². The highest BCUT2D eigenvalue weighted by Crippen LogP contribution is 2.74. The molecule has 0 atom stereocenters. The minimum absolute atomic E-state index is 0.356. The summed E-state index contributed by atoms with van der Waals surface area (Å²) in [4.78, 5) is 0. The van der Waals surface area contributed by atoms with Gasteiger partial charge in [-0.05, 0) is 42.1 Å². The predicted molar refractivity (Wildman–Crippen MR) is 55.9 cm³/mol. The fraction of sp³-hybridized carbons (Fsp3) is 0.538. The Kier molecular flexibility index (Phi) is 1.58. The molecule has 0 radical (unpaired) electrons. The number of aliphatic hydroxyl groups is 1. The summed E-state index contributed by atoms with van der Waals surface area (Å²) in [6, 6.07) is 10.7. The molecule has 1 aromatic rings. The van der Waals surface area contributed by atoms with E-state index in [1.165, 1.54) is 31.2 Å². The lowest BCUT2D eigenvalue weighted by molar-refractivity contribution is -0.222. The molecule has 0 heterocycles. The largest absolute Gasteiger partial charge is 0.396 e. The van der Waals surface area contributed by atoms with Crippen molar-refractivity contribution in [3.63, 3.8) is 0 Å². The van der Waals surface area contributed by atoms with Crippen LogP contribution in [0.4, 0.5) is 0 Å². The smallest absolute Gasteiger partial charge is 0.0488 e. The molecule has 1 heteroatoms. The summed E-state index contributed by atoms with van der Waals surface area (Å²) in [5.74, 6) is 0. The first-order valence-electron chi connectivity index (χ1n) is 5.41. The second-order valence-corrected chi connectivity index (χ2v) is 5.35. The van der Waals surface area contributed by atoms with E-state index in [4.69, 9.17) is 5.11 Å². The minimum Gasteiger partial charge on any atom is -0.396 e. The van der Waals surface area contributed by atoms with Gasteiger partial charge >= 0.3 is 0 Å². The summed E-state index contributed by atoms with van der Waals surface area (Å²) in [7, 11) is 0. The molecule has 0 amide bonds. The van der Waals surface area contributed by atoms with Gasteiger partial charge in [-0.25, -0.2) is 0 Å². The molecule has 3 saturated carbocycles. The van der Waals surface area contributed by atoms with Crippen LogP contribution in [-0.2, 0) is 6.42 Å². The van der Waals surface area contributed by atoms with E-state index in [1.54, 1.807) is 0 Å². The lowest BCUT2D eigenvalue weighted by Crippen LogP contribution is -2.64. The van der Waals surface area contributed by atoms with Gasteiger partial charge in [0.25, 0.3) is 0 Å². The molecule has 0 aromatic heterocycles. The third-order valence-electron chi connectivity index (χ3n) is 4.01. The van der Waals surface area contributed by atoms with Crippen molar-refractivity contribution in [2.24, 2.45) is 10.8 Å². The van der Waals surface area contributed by atoms with Gasteiger partial charge in [0, 0.05) is 6.61 Å². The molecule has 1 aromatic carbocycles. The third kappa shape index (κ3) is 1.05. The van der Waals surface area contributed by atoms with E-state index < -0.39 is 0 Å². The van der Waals surface area contributed by atoms with Gasteiger partial charge in [0.05, 0.1) is 0 Å². The molecule has 1 N–H and O–H groups in total. The zero-order valence-electron chi connectivity index (χ0n) is 8.37. The van der Waals surface area contributed by atoms with Crippen molar-refractivity contribution in [3.05, 3.63) is 35.9 Å². The van der Waals surface area contributed by atoms with E-state index in [-0.39, 0.29) is 0 Å². The standard InChI is InChI=1S/C13H16O/c14-10-13-7-12(8-13,9-13)6-11-4-2-1-3-5-11/h1-5,14H,6-10H2. The van der Waals surface area contributed by atoms with Crippen LogP contribution in [0.15, 0.2) is 30.3 Å². The summed E-state index contributed by atoms with van der Waals surface area (Å²) < 4.78 is 0. The molecule has 1 nitrogen and oxygen atoms in total. The van der Waals surface area contributed by atoms with E-state index in [0.717, 1.165) is 0 Å². The van der Waals surface area contributed by atoms with Crippen LogP contribution in [0.3, 0.4) is 0 Å². The Morgan fingerprint density at radius 3 is 2.21 bits per heavy atom. The lowest BCUT2D eigenvalue weighted by Gasteiger charge is -2.70. The van der Waals surface area contributed by atoms with Gasteiger partial charge in [0.15, 0.2) is 0 Å². The molecule has 74 valence electrons. The first-order chi connectivity index (χ1) is 6.76. The fourth-order valence-corrected chi connectivity index (χ4v) is 3.62. The van der Waals surface area contributed by atoms with Crippen molar-refractivity contribution in [3.8, 4) is 0 Å². The second-order valence-electron chi connectivity index (χ2n) is 5.35. The van der Waals surface area contributed by atoms with E-state index >= 15 is 0 Å². The molecule has 0 spiro atoms. The molecule has 0 saturated heterocycles. The van der Waals surface area contributed by atoms with Gasteiger partial charge < -0.3 is 5.11 Å². The number of rotatable bonds is 3. The zero-order chi connectivity index (χ0) is 9.65. The molecule has 2 bridgehead atoms. The summed E-state index contributed by atoms with van der Waals surface area (Å²) in [5, 5.41) is 9.16. The minimum atomic E-state index is 0.356. The normalized spacial score (nSPS) is 38.6. The van der Waals surface area contributed by atoms with Crippen LogP contribution in [0.2, 0.25) is 0 Å². The quantitative estimate of drug-likeness (QED) is 0.772. The summed E-state index contributed by atoms with van der Waals surface area (Å²) in [5.41, 5.74) is 2.39. The molecule has 3 aliphatic carbocycles. The van der Waals surface area contributed by atoms with Gasteiger partial charge in [-0.15, -0.1) is 0 Å². The Bertz CT molecular complexity index is 322. The number of hydrogen-bond acceptors (Lipinski definition) is 1. The SMILES string of the molecule is OCC12CC(Cc3ccccc3)(C1)C2. The van der Waals surface area contributed by atoms with Crippen molar-refractivity contribution in [2.45, 2.75) is 25.7 Å². The number of hydrogen-bond donors (Lipinski definition) is 1. The highest BCUT2D eigenvalue weighted by molar-refractivity contribution is 5.24. The van der Waals surface area contributed by atoms with Crippen LogP contribution < -0.4 is 0 Å². The van der Waals surface area contributed by atoms with Crippen molar-refractivity contribution in [1.29, 1.82) is 0 Å². The van der Waals surface area contributed by atoms with Gasteiger partial charge in [-0.2, -0.15) is 0 Å². The maximum absolute atomic E-state index is 9.16. The zero-order valence-corrected chi connectivity index (χ0v) is 8.37. The average molecular weight is 188 g/mol. The first-order valence-corrected chi connectivity index (χ1v) is 5.41. The van der Waals surface area contributed by atoms with E-state index in [2.05, 4.69) is 30.3 Å². The van der Waals surface area contributed by atoms with Crippen LogP contribution in [0.5, 0.6) is 0 Å². The van der Waals surface area contributed by atoms with Crippen molar-refractivity contribution in [2.75, 3.05) is 6.61 Å². The van der Waals surface area contributed by atoms with Gasteiger partial charge in [0.2, 0.25) is 0 Å². The van der Waals surface area contributed by atoms with Crippen LogP contribution in [-0.4, -0.2) is 11.7 Å². The summed E-state index contributed by atoms with van der Waals surface area (Å²) >= 11 is 0. The Morgan fingerprint density at radius 1 is 1.00 bits per heavy atom. The van der Waals surface area contributed by atoms with Crippen LogP contribution in [0.25, 0.3) is 0 Å². The molecule has 0 unspecified atom stereocenters. The van der Waals surface area contributed by atoms with E-state index in [1.807, 2.05) is 0 Å². The molecular weight excluding hydrogens is 172 g/mol. The lowest BCUT2D eigenvalue weighted by atomic mass is 9.34. The third-order valence-corrected chi connectivity index (χ3v) is 4.01. The molecule has 3 aliphatic rings. The molecule has 4 rings (SSSR count). The first kappa shape index (κ1) is 8.49. The fourth-order valence-electron chi connectivity index (χ4n) is 3.62. The second kappa shape index (κ2) is 2.60. The molecule has 14 heavy (non-hydrogen) atoms. The highest BCUT2D eigenvalue weighted by Gasteiger charge is 2.66. The maximum Gasteiger partial charge on any atom is 0.0488 e. The van der Waals surface area contributed by atoms with Crippen LogP contribution >= 0.6 is 0 Å². The number of aliphatic hydroxyl groups excluding tert-OH is 1. The van der Waals surface area contributed by atoms with E-state index in [9.17, 15) is 0 Å². The van der Waals surface area contributed by atoms with Crippen LogP contribution in [0.1, 0.15) is 24.8 Å². The monoisotopic (exact) mass is 188 g/mol. The topological polar surface area (TPSA) is 20.2 Å². The van der Waals surface area contributed by atoms with Gasteiger partial charge in [-0.1, -0.05) is 30.3 Å². The summed E-state index contributed by atoms with van der Waals surface area (Å²) in [6.45, 7) is 0.406. The highest BCUT2D eigenvalue weighted by atomic mass is 16.3. The molecule has 0 aliphatic heterocycles. The number of benzene rings is 1. The Hall–Kier alpha value is -0.820. The van der Waals surface area contributed by atoms with Crippen molar-refractivity contribution >= 4 is 0 Å². The molecule has 3 fully saturated rings. The Labute approximate surface area is 84.8 Å². The van der Waals surface area contributed by atoms with E-state index in [0.29, 0.717) is 17.4 Å². The molecular formula is C13H16O. The Morgan fingerprint density at radius 2 is 1.64 bits per heavy atom. The van der Waals surface area contributed by atoms with Gasteiger partial charge in [-0.3, -0.25) is 0 Å². The van der Waals surface area contributed by atoms with Crippen molar-refractivity contribution < 1.29 is 5.11 Å². The Balaban J connectivity index is 1.67. The predicted octanol–water partition coefficient (Wildman–Crippen LogP) is 2.39. The summed E-state index contributed by atoms with van der Waals surface area (Å²) in [6.07, 6.45) is 4.98. The van der Waals surface area contributed by atoms with Crippen molar-refractivity contribution in [1.82, 2.24) is 0 Å².